The van der Waals surface area contributed by atoms with Crippen LogP contribution in [0.4, 0.5) is 5.69 Å². The maximum absolute atomic E-state index is 11.3. The first kappa shape index (κ1) is 23.9. The van der Waals surface area contributed by atoms with Crippen LogP contribution in [0.3, 0.4) is 0 Å². The number of aliphatic hydroxyl groups is 1. The van der Waals surface area contributed by atoms with E-state index < -0.39 is 6.29 Å². The van der Waals surface area contributed by atoms with Crippen LogP contribution in [-0.2, 0) is 20.9 Å². The van der Waals surface area contributed by atoms with E-state index in [0.717, 1.165) is 48.4 Å². The number of benzene rings is 2. The van der Waals surface area contributed by atoms with E-state index in [2.05, 4.69) is 10.2 Å². The summed E-state index contributed by atoms with van der Waals surface area (Å²) >= 11 is 0. The van der Waals surface area contributed by atoms with Crippen LogP contribution in [-0.4, -0.2) is 41.7 Å². The Kier molecular flexibility index (Phi) is 8.51. The van der Waals surface area contributed by atoms with Crippen molar-refractivity contribution in [3.8, 4) is 0 Å². The highest BCUT2D eigenvalue weighted by molar-refractivity contribution is 5.88. The first-order valence-electron chi connectivity index (χ1n) is 12.2. The number of hydrogen-bond acceptors (Lipinski definition) is 5. The number of carbonyl (C=O) groups excluding carboxylic acids is 1. The lowest BCUT2D eigenvalue weighted by atomic mass is 9.99. The number of hydrogen-bond donors (Lipinski definition) is 2. The number of likely N-dealkylation sites (tertiary alicyclic amines) is 1. The molecule has 3 unspecified atom stereocenters. The number of amides is 1. The third kappa shape index (κ3) is 6.87. The molecule has 0 spiro atoms. The molecule has 33 heavy (non-hydrogen) atoms. The van der Waals surface area contributed by atoms with Crippen LogP contribution in [0.25, 0.3) is 0 Å². The number of carbonyl (C=O) groups is 1. The van der Waals surface area contributed by atoms with Gasteiger partial charge in [-0.1, -0.05) is 55.7 Å². The fourth-order valence-corrected chi connectivity index (χ4v) is 4.74. The molecule has 0 bridgehead atoms. The third-order valence-corrected chi connectivity index (χ3v) is 6.53. The number of nitrogens with zero attached hydrogens (tertiary/aromatic N) is 1. The Labute approximate surface area is 196 Å². The Morgan fingerprint density at radius 1 is 0.939 bits per heavy atom. The molecule has 178 valence electrons. The van der Waals surface area contributed by atoms with Gasteiger partial charge in [-0.25, -0.2) is 0 Å². The number of ether oxygens (including phenoxy) is 2. The van der Waals surface area contributed by atoms with Gasteiger partial charge in [0.15, 0.2) is 6.29 Å². The van der Waals surface area contributed by atoms with Gasteiger partial charge >= 0.3 is 0 Å². The zero-order valence-electron chi connectivity index (χ0n) is 19.5. The van der Waals surface area contributed by atoms with Crippen LogP contribution in [0, 0.1) is 0 Å². The Bertz CT molecular complexity index is 876. The van der Waals surface area contributed by atoms with Crippen LogP contribution in [0.15, 0.2) is 48.5 Å². The average molecular weight is 453 g/mol. The van der Waals surface area contributed by atoms with Crippen LogP contribution < -0.4 is 5.32 Å². The summed E-state index contributed by atoms with van der Waals surface area (Å²) in [6.07, 6.45) is 6.81. The Morgan fingerprint density at radius 3 is 2.21 bits per heavy atom. The minimum absolute atomic E-state index is 0.0375. The van der Waals surface area contributed by atoms with E-state index in [1.165, 1.54) is 39.0 Å². The van der Waals surface area contributed by atoms with Gasteiger partial charge in [-0.3, -0.25) is 4.79 Å². The number of aliphatic hydroxyl groups excluding tert-OH is 1. The molecule has 2 aliphatic rings. The second kappa shape index (κ2) is 11.7. The summed E-state index contributed by atoms with van der Waals surface area (Å²) in [6.45, 7) is 4.72. The van der Waals surface area contributed by atoms with Gasteiger partial charge in [-0.15, -0.1) is 0 Å². The van der Waals surface area contributed by atoms with Gasteiger partial charge in [0.05, 0.1) is 18.8 Å². The van der Waals surface area contributed by atoms with Crippen molar-refractivity contribution in [1.29, 1.82) is 0 Å². The van der Waals surface area contributed by atoms with Crippen molar-refractivity contribution < 1.29 is 19.4 Å². The molecule has 3 atom stereocenters. The summed E-state index contributed by atoms with van der Waals surface area (Å²) in [5, 5.41) is 12.2. The molecule has 2 heterocycles. The van der Waals surface area contributed by atoms with E-state index in [4.69, 9.17) is 9.47 Å². The van der Waals surface area contributed by atoms with Crippen LogP contribution in [0.2, 0.25) is 0 Å². The second-order valence-corrected chi connectivity index (χ2v) is 9.22. The van der Waals surface area contributed by atoms with Crippen LogP contribution in [0.1, 0.15) is 74.5 Å². The number of rotatable bonds is 6. The van der Waals surface area contributed by atoms with Gasteiger partial charge in [0.25, 0.3) is 0 Å². The zero-order valence-corrected chi connectivity index (χ0v) is 19.5. The Balaban J connectivity index is 1.51. The van der Waals surface area contributed by atoms with Crippen LogP contribution >= 0.6 is 0 Å². The Morgan fingerprint density at radius 2 is 1.58 bits per heavy atom. The highest BCUT2D eigenvalue weighted by Crippen LogP contribution is 2.38. The highest BCUT2D eigenvalue weighted by atomic mass is 16.7. The van der Waals surface area contributed by atoms with Crippen LogP contribution in [0.5, 0.6) is 0 Å². The Hall–Kier alpha value is -2.25. The standard InChI is InChI=1S/C27H36N2O4/c1-20(31)28-24-13-11-23(12-14-24)27-32-25(18-29-15-5-3-2-4-6-16-29)17-26(33-27)22-9-7-21(19-30)8-10-22/h7-14,25-27,30H,2-6,15-19H2,1H3,(H,28,31). The molecule has 2 aromatic carbocycles. The van der Waals surface area contributed by atoms with Crippen molar-refractivity contribution in [3.63, 3.8) is 0 Å². The van der Waals surface area contributed by atoms with Gasteiger partial charge in [-0.05, 0) is 49.2 Å². The first-order chi connectivity index (χ1) is 16.1. The maximum Gasteiger partial charge on any atom is 0.221 e. The van der Waals surface area contributed by atoms with E-state index in [1.54, 1.807) is 0 Å². The molecule has 0 saturated carbocycles. The van der Waals surface area contributed by atoms with Gasteiger partial charge in [0.1, 0.15) is 0 Å². The SMILES string of the molecule is CC(=O)Nc1ccc(C2OC(CN3CCCCCCC3)CC(c3ccc(CO)cc3)O2)cc1. The van der Waals surface area contributed by atoms with Crippen molar-refractivity contribution >= 4 is 11.6 Å². The fourth-order valence-electron chi connectivity index (χ4n) is 4.74. The van der Waals surface area contributed by atoms with Gasteiger partial charge < -0.3 is 24.8 Å². The van der Waals surface area contributed by atoms with E-state index in [1.807, 2.05) is 48.5 Å². The van der Waals surface area contributed by atoms with E-state index in [-0.39, 0.29) is 24.7 Å². The molecule has 0 aromatic heterocycles. The van der Waals surface area contributed by atoms with Crippen molar-refractivity contribution in [2.24, 2.45) is 0 Å². The quantitative estimate of drug-likeness (QED) is 0.649. The molecule has 1 amide bonds. The molecule has 6 nitrogen and oxygen atoms in total. The topological polar surface area (TPSA) is 71.0 Å². The number of anilines is 1. The van der Waals surface area contributed by atoms with Gasteiger partial charge in [0, 0.05) is 31.1 Å². The monoisotopic (exact) mass is 452 g/mol. The van der Waals surface area contributed by atoms with E-state index in [9.17, 15) is 9.90 Å². The molecular weight excluding hydrogens is 416 g/mol. The van der Waals surface area contributed by atoms with E-state index >= 15 is 0 Å². The van der Waals surface area contributed by atoms with Gasteiger partial charge in [-0.2, -0.15) is 0 Å². The minimum Gasteiger partial charge on any atom is -0.392 e. The predicted molar refractivity (Wildman–Crippen MR) is 129 cm³/mol. The molecule has 2 aliphatic heterocycles. The molecule has 0 radical (unpaired) electrons. The average Bonchev–Trinajstić information content (AvgIpc) is 2.81. The predicted octanol–water partition coefficient (Wildman–Crippen LogP) is 4.95. The smallest absolute Gasteiger partial charge is 0.221 e. The molecule has 6 heteroatoms. The van der Waals surface area contributed by atoms with Crippen molar-refractivity contribution in [3.05, 3.63) is 65.2 Å². The normalized spacial score (nSPS) is 24.6. The molecule has 0 aliphatic carbocycles. The lowest BCUT2D eigenvalue weighted by Gasteiger charge is -2.38. The van der Waals surface area contributed by atoms with Gasteiger partial charge in [0.2, 0.25) is 5.91 Å². The van der Waals surface area contributed by atoms with E-state index in [0.29, 0.717) is 0 Å². The molecule has 4 rings (SSSR count). The molecule has 2 saturated heterocycles. The molecular formula is C27H36N2O4. The molecule has 2 fully saturated rings. The molecule has 2 aromatic rings. The summed E-state index contributed by atoms with van der Waals surface area (Å²) in [6, 6.07) is 15.7. The van der Waals surface area contributed by atoms with Crippen molar-refractivity contribution in [1.82, 2.24) is 4.90 Å². The summed E-state index contributed by atoms with van der Waals surface area (Å²) in [5.74, 6) is -0.0902. The minimum atomic E-state index is -0.465. The lowest BCUT2D eigenvalue weighted by molar-refractivity contribution is -0.253. The zero-order chi connectivity index (χ0) is 23.0. The third-order valence-electron chi connectivity index (χ3n) is 6.53. The highest BCUT2D eigenvalue weighted by Gasteiger charge is 2.33. The lowest BCUT2D eigenvalue weighted by Crippen LogP contribution is -2.40. The van der Waals surface area contributed by atoms with Crippen molar-refractivity contribution in [2.75, 3.05) is 25.0 Å². The fraction of sp³-hybridized carbons (Fsp3) is 0.519. The largest absolute Gasteiger partial charge is 0.392 e. The summed E-state index contributed by atoms with van der Waals surface area (Å²) in [7, 11) is 0. The second-order valence-electron chi connectivity index (χ2n) is 9.22. The first-order valence-corrected chi connectivity index (χ1v) is 12.2. The molecule has 2 N–H and O–H groups in total. The van der Waals surface area contributed by atoms with Crippen molar-refractivity contribution in [2.45, 2.75) is 70.6 Å². The summed E-state index contributed by atoms with van der Waals surface area (Å²) in [5.41, 5.74) is 3.70. The maximum atomic E-state index is 11.3. The summed E-state index contributed by atoms with van der Waals surface area (Å²) < 4.78 is 12.9. The summed E-state index contributed by atoms with van der Waals surface area (Å²) in [4.78, 5) is 13.9. The number of nitrogens with one attached hydrogen (secondary N) is 1.